The smallest absolute Gasteiger partial charge is 0.323 e. The van der Waals surface area contributed by atoms with Crippen molar-refractivity contribution in [2.24, 2.45) is 5.73 Å². The summed E-state index contributed by atoms with van der Waals surface area (Å²) in [6, 6.07) is 15.8. The molecule has 102 valence electrons. The number of benzene rings is 2. The molecule has 0 radical (unpaired) electrons. The Morgan fingerprint density at radius 2 is 1.60 bits per heavy atom. The fraction of sp³-hybridized carbons (Fsp3) is 0.125. The Bertz CT molecular complexity index is 623. The number of para-hydroxylation sites is 2. The van der Waals surface area contributed by atoms with Crippen LogP contribution in [0.1, 0.15) is 12.5 Å². The largest absolute Gasteiger partial charge is 0.351 e. The zero-order valence-corrected chi connectivity index (χ0v) is 11.2. The monoisotopic (exact) mass is 268 g/mol. The highest BCUT2D eigenvalue weighted by Gasteiger charge is 2.18. The molecule has 20 heavy (non-hydrogen) atoms. The molecule has 0 aliphatic rings. The van der Waals surface area contributed by atoms with Crippen LogP contribution in [-0.4, -0.2) is 11.8 Å². The van der Waals surface area contributed by atoms with Crippen LogP contribution in [0, 0.1) is 0 Å². The van der Waals surface area contributed by atoms with Crippen LogP contribution in [0.2, 0.25) is 0 Å². The molecule has 2 aromatic rings. The van der Waals surface area contributed by atoms with Gasteiger partial charge in [0.2, 0.25) is 0 Å². The van der Waals surface area contributed by atoms with Crippen LogP contribution in [0.5, 0.6) is 0 Å². The van der Waals surface area contributed by atoms with E-state index in [4.69, 9.17) is 5.73 Å². The molecule has 0 aromatic heterocycles. The SMILES string of the molecule is CC(=O)Cc1ccccc1N(C(N)=O)c1ccccc1. The van der Waals surface area contributed by atoms with E-state index in [9.17, 15) is 9.59 Å². The van der Waals surface area contributed by atoms with Crippen LogP contribution in [0.3, 0.4) is 0 Å². The minimum atomic E-state index is -0.577. The minimum absolute atomic E-state index is 0.0370. The summed E-state index contributed by atoms with van der Waals surface area (Å²) in [6.45, 7) is 1.52. The number of carbonyl (C=O) groups excluding carboxylic acids is 2. The lowest BCUT2D eigenvalue weighted by Gasteiger charge is -2.23. The van der Waals surface area contributed by atoms with Gasteiger partial charge in [0.1, 0.15) is 5.78 Å². The van der Waals surface area contributed by atoms with Gasteiger partial charge in [-0.2, -0.15) is 0 Å². The summed E-state index contributed by atoms with van der Waals surface area (Å²) in [5, 5.41) is 0. The molecule has 2 rings (SSSR count). The standard InChI is InChI=1S/C16H16N2O2/c1-12(19)11-13-7-5-6-10-15(13)18(16(17)20)14-8-3-2-4-9-14/h2-10H,11H2,1H3,(H2,17,20). The average Bonchev–Trinajstić information content (AvgIpc) is 2.41. The van der Waals surface area contributed by atoms with Crippen LogP contribution in [0.15, 0.2) is 54.6 Å². The number of ketones is 1. The first-order chi connectivity index (χ1) is 9.59. The van der Waals surface area contributed by atoms with Crippen molar-refractivity contribution in [1.82, 2.24) is 0 Å². The Labute approximate surface area is 117 Å². The maximum atomic E-state index is 11.8. The van der Waals surface area contributed by atoms with Crippen molar-refractivity contribution in [3.05, 3.63) is 60.2 Å². The van der Waals surface area contributed by atoms with E-state index in [1.807, 2.05) is 36.4 Å². The summed E-state index contributed by atoms with van der Waals surface area (Å²) in [4.78, 5) is 24.6. The number of nitrogens with zero attached hydrogens (tertiary/aromatic N) is 1. The van der Waals surface area contributed by atoms with E-state index in [0.29, 0.717) is 11.4 Å². The zero-order valence-electron chi connectivity index (χ0n) is 11.2. The van der Waals surface area contributed by atoms with Crippen LogP contribution in [-0.2, 0) is 11.2 Å². The molecule has 2 aromatic carbocycles. The average molecular weight is 268 g/mol. The summed E-state index contributed by atoms with van der Waals surface area (Å²) in [5.74, 6) is 0.0370. The van der Waals surface area contributed by atoms with Crippen molar-refractivity contribution in [3.8, 4) is 0 Å². The zero-order chi connectivity index (χ0) is 14.5. The van der Waals surface area contributed by atoms with Crippen LogP contribution in [0.4, 0.5) is 16.2 Å². The van der Waals surface area contributed by atoms with Gasteiger partial charge >= 0.3 is 6.03 Å². The predicted molar refractivity (Wildman–Crippen MR) is 79.0 cm³/mol. The molecule has 0 saturated heterocycles. The van der Waals surface area contributed by atoms with Gasteiger partial charge in [-0.15, -0.1) is 0 Å². The molecule has 0 bridgehead atoms. The number of hydrogen-bond donors (Lipinski definition) is 1. The number of amides is 2. The number of nitrogens with two attached hydrogens (primary N) is 1. The van der Waals surface area contributed by atoms with E-state index < -0.39 is 6.03 Å². The highest BCUT2D eigenvalue weighted by molar-refractivity contribution is 5.99. The first kappa shape index (κ1) is 13.8. The van der Waals surface area contributed by atoms with E-state index in [1.165, 1.54) is 11.8 Å². The van der Waals surface area contributed by atoms with E-state index in [1.54, 1.807) is 18.2 Å². The molecule has 0 saturated carbocycles. The second-order valence-corrected chi connectivity index (χ2v) is 4.52. The summed E-state index contributed by atoms with van der Waals surface area (Å²) in [5.41, 5.74) is 7.60. The summed E-state index contributed by atoms with van der Waals surface area (Å²) in [6.07, 6.45) is 0.271. The highest BCUT2D eigenvalue weighted by Crippen LogP contribution is 2.28. The Kier molecular flexibility index (Phi) is 4.15. The number of Topliss-reactive ketones (excluding diaryl/α,β-unsaturated/α-hetero) is 1. The lowest BCUT2D eigenvalue weighted by atomic mass is 10.1. The minimum Gasteiger partial charge on any atom is -0.351 e. The fourth-order valence-electron chi connectivity index (χ4n) is 2.11. The first-order valence-corrected chi connectivity index (χ1v) is 6.31. The number of primary amides is 1. The third-order valence-electron chi connectivity index (χ3n) is 2.91. The van der Waals surface area contributed by atoms with Crippen LogP contribution in [0.25, 0.3) is 0 Å². The number of rotatable bonds is 4. The van der Waals surface area contributed by atoms with Gasteiger partial charge in [-0.3, -0.25) is 9.69 Å². The Hall–Kier alpha value is -2.62. The second kappa shape index (κ2) is 6.02. The maximum Gasteiger partial charge on any atom is 0.323 e. The van der Waals surface area contributed by atoms with Crippen LogP contribution >= 0.6 is 0 Å². The van der Waals surface area contributed by atoms with Gasteiger partial charge in [-0.1, -0.05) is 36.4 Å². The van der Waals surface area contributed by atoms with Crippen molar-refractivity contribution in [3.63, 3.8) is 0 Å². The van der Waals surface area contributed by atoms with Crippen molar-refractivity contribution in [2.45, 2.75) is 13.3 Å². The summed E-state index contributed by atoms with van der Waals surface area (Å²) >= 11 is 0. The van der Waals surface area contributed by atoms with Gasteiger partial charge in [0.15, 0.2) is 0 Å². The van der Waals surface area contributed by atoms with Gasteiger partial charge < -0.3 is 5.73 Å². The van der Waals surface area contributed by atoms with Crippen molar-refractivity contribution in [1.29, 1.82) is 0 Å². The van der Waals surface area contributed by atoms with E-state index in [2.05, 4.69) is 0 Å². The topological polar surface area (TPSA) is 63.4 Å². The molecule has 0 aliphatic carbocycles. The van der Waals surface area contributed by atoms with Gasteiger partial charge in [0.05, 0.1) is 11.4 Å². The molecular weight excluding hydrogens is 252 g/mol. The van der Waals surface area contributed by atoms with E-state index in [0.717, 1.165) is 5.56 Å². The molecule has 4 nitrogen and oxygen atoms in total. The molecule has 4 heteroatoms. The molecule has 0 atom stereocenters. The third kappa shape index (κ3) is 3.03. The van der Waals surface area contributed by atoms with Gasteiger partial charge in [0.25, 0.3) is 0 Å². The highest BCUT2D eigenvalue weighted by atomic mass is 16.2. The molecule has 2 N–H and O–H groups in total. The number of hydrogen-bond acceptors (Lipinski definition) is 2. The van der Waals surface area contributed by atoms with Crippen LogP contribution < -0.4 is 10.6 Å². The Balaban J connectivity index is 2.51. The van der Waals surface area contributed by atoms with Gasteiger partial charge in [-0.05, 0) is 30.7 Å². The van der Waals surface area contributed by atoms with Gasteiger partial charge in [0, 0.05) is 6.42 Å². The normalized spacial score (nSPS) is 10.1. The Morgan fingerprint density at radius 3 is 2.20 bits per heavy atom. The lowest BCUT2D eigenvalue weighted by Crippen LogP contribution is -2.32. The molecule has 0 heterocycles. The lowest BCUT2D eigenvalue weighted by molar-refractivity contribution is -0.116. The predicted octanol–water partition coefficient (Wildman–Crippen LogP) is 3.03. The fourth-order valence-corrected chi connectivity index (χ4v) is 2.11. The van der Waals surface area contributed by atoms with Crippen molar-refractivity contribution < 1.29 is 9.59 Å². The summed E-state index contributed by atoms with van der Waals surface area (Å²) in [7, 11) is 0. The van der Waals surface area contributed by atoms with Gasteiger partial charge in [-0.25, -0.2) is 4.79 Å². The quantitative estimate of drug-likeness (QED) is 0.926. The summed E-state index contributed by atoms with van der Waals surface area (Å²) < 4.78 is 0. The molecule has 0 spiro atoms. The first-order valence-electron chi connectivity index (χ1n) is 6.31. The number of anilines is 2. The Morgan fingerprint density at radius 1 is 1.00 bits per heavy atom. The van der Waals surface area contributed by atoms with E-state index >= 15 is 0 Å². The molecule has 0 unspecified atom stereocenters. The van der Waals surface area contributed by atoms with Crippen molar-refractivity contribution in [2.75, 3.05) is 4.90 Å². The molecular formula is C16H16N2O2. The maximum absolute atomic E-state index is 11.8. The third-order valence-corrected chi connectivity index (χ3v) is 2.91. The number of carbonyl (C=O) groups is 2. The molecule has 0 aliphatic heterocycles. The van der Waals surface area contributed by atoms with Crippen molar-refractivity contribution >= 4 is 23.2 Å². The molecule has 0 fully saturated rings. The number of urea groups is 1. The second-order valence-electron chi connectivity index (χ2n) is 4.52. The molecule has 2 amide bonds. The van der Waals surface area contributed by atoms with E-state index in [-0.39, 0.29) is 12.2 Å².